The molecule has 0 saturated carbocycles. The molecule has 0 N–H and O–H groups in total. The van der Waals surface area contributed by atoms with E-state index in [2.05, 4.69) is 22.0 Å². The number of benzene rings is 2. The van der Waals surface area contributed by atoms with Gasteiger partial charge in [0.1, 0.15) is 16.7 Å². The number of hydrogen-bond donors (Lipinski definition) is 0. The second-order valence-electron chi connectivity index (χ2n) is 6.78. The largest absolute Gasteiger partial charge is 0.352 e. The van der Waals surface area contributed by atoms with Gasteiger partial charge in [0.25, 0.3) is 5.91 Å². The van der Waals surface area contributed by atoms with Crippen LogP contribution < -0.4 is 4.90 Å². The van der Waals surface area contributed by atoms with E-state index in [-0.39, 0.29) is 11.7 Å². The van der Waals surface area contributed by atoms with Crippen LogP contribution in [0.4, 0.5) is 10.2 Å². The molecule has 2 aromatic carbocycles. The molecule has 1 fully saturated rings. The number of aromatic nitrogens is 2. The smallest absolute Gasteiger partial charge is 0.253 e. The number of thioether (sulfide) groups is 1. The zero-order valence-corrected chi connectivity index (χ0v) is 16.7. The first-order chi connectivity index (χ1) is 14.2. The molecule has 1 saturated heterocycles. The summed E-state index contributed by atoms with van der Waals surface area (Å²) in [4.78, 5) is 25.6. The maximum Gasteiger partial charge on any atom is 0.253 e. The normalized spacial score (nSPS) is 14.1. The molecular weight excluding hydrogens is 387 g/mol. The van der Waals surface area contributed by atoms with Crippen molar-refractivity contribution in [2.45, 2.75) is 10.8 Å². The Morgan fingerprint density at radius 2 is 1.69 bits per heavy atom. The van der Waals surface area contributed by atoms with Crippen molar-refractivity contribution in [3.63, 3.8) is 0 Å². The minimum atomic E-state index is -0.338. The second kappa shape index (κ2) is 9.05. The Balaban J connectivity index is 1.34. The number of rotatable bonds is 5. The maximum atomic E-state index is 13.1. The summed E-state index contributed by atoms with van der Waals surface area (Å²) in [6, 6.07) is 16.0. The minimum absolute atomic E-state index is 0.0668. The van der Waals surface area contributed by atoms with Crippen LogP contribution in [0.5, 0.6) is 0 Å². The van der Waals surface area contributed by atoms with Crippen LogP contribution in [-0.4, -0.2) is 47.0 Å². The van der Waals surface area contributed by atoms with E-state index in [0.29, 0.717) is 31.7 Å². The lowest BCUT2D eigenvalue weighted by atomic mass is 10.2. The Labute approximate surface area is 173 Å². The first-order valence-electron chi connectivity index (χ1n) is 9.47. The highest BCUT2D eigenvalue weighted by atomic mass is 32.2. The summed E-state index contributed by atoms with van der Waals surface area (Å²) >= 11 is 1.66. The predicted molar refractivity (Wildman–Crippen MR) is 113 cm³/mol. The number of piperazine rings is 1. The van der Waals surface area contributed by atoms with E-state index >= 15 is 0 Å². The molecule has 29 heavy (non-hydrogen) atoms. The number of halogens is 1. The molecule has 3 aromatic rings. The molecule has 5 nitrogen and oxygen atoms in total. The van der Waals surface area contributed by atoms with Gasteiger partial charge in [-0.05, 0) is 29.8 Å². The topological polar surface area (TPSA) is 49.3 Å². The molecular formula is C22H21FN4OS. The first kappa shape index (κ1) is 19.4. The van der Waals surface area contributed by atoms with E-state index in [4.69, 9.17) is 4.98 Å². The van der Waals surface area contributed by atoms with Crippen molar-refractivity contribution in [3.05, 3.63) is 83.9 Å². The third-order valence-corrected chi connectivity index (χ3v) is 5.78. The van der Waals surface area contributed by atoms with E-state index in [9.17, 15) is 9.18 Å². The second-order valence-corrected chi connectivity index (χ2v) is 7.77. The third kappa shape index (κ3) is 4.92. The van der Waals surface area contributed by atoms with Crippen LogP contribution in [0.3, 0.4) is 0 Å². The lowest BCUT2D eigenvalue weighted by molar-refractivity contribution is 0.0746. The molecule has 1 aliphatic heterocycles. The standard InChI is InChI=1S/C22H21FN4OS/c23-19-8-6-18(7-9-19)22(28)27-12-10-26(11-13-27)20-14-24-15-21(25-20)29-16-17-4-2-1-3-5-17/h1-9,14-15H,10-13,16H2. The average molecular weight is 409 g/mol. The van der Waals surface area contributed by atoms with Crippen LogP contribution in [0.25, 0.3) is 0 Å². The van der Waals surface area contributed by atoms with Crippen molar-refractivity contribution in [2.75, 3.05) is 31.1 Å². The first-order valence-corrected chi connectivity index (χ1v) is 10.5. The van der Waals surface area contributed by atoms with Crippen LogP contribution in [-0.2, 0) is 5.75 Å². The predicted octanol–water partition coefficient (Wildman–Crippen LogP) is 3.87. The van der Waals surface area contributed by atoms with Gasteiger partial charge in [-0.25, -0.2) is 9.37 Å². The van der Waals surface area contributed by atoms with Crippen LogP contribution in [0.2, 0.25) is 0 Å². The van der Waals surface area contributed by atoms with Crippen molar-refractivity contribution < 1.29 is 9.18 Å². The highest BCUT2D eigenvalue weighted by Crippen LogP contribution is 2.23. The van der Waals surface area contributed by atoms with Crippen molar-refractivity contribution in [2.24, 2.45) is 0 Å². The Kier molecular flexibility index (Phi) is 6.05. The number of carbonyl (C=O) groups is 1. The van der Waals surface area contributed by atoms with Gasteiger partial charge in [0.05, 0.1) is 12.4 Å². The lowest BCUT2D eigenvalue weighted by Crippen LogP contribution is -2.49. The summed E-state index contributed by atoms with van der Waals surface area (Å²) in [7, 11) is 0. The highest BCUT2D eigenvalue weighted by Gasteiger charge is 2.23. The zero-order chi connectivity index (χ0) is 20.1. The summed E-state index contributed by atoms with van der Waals surface area (Å²) in [5.74, 6) is 1.27. The summed E-state index contributed by atoms with van der Waals surface area (Å²) < 4.78 is 13.1. The molecule has 1 amide bonds. The van der Waals surface area contributed by atoms with Gasteiger partial charge in [-0.15, -0.1) is 11.8 Å². The van der Waals surface area contributed by atoms with Gasteiger partial charge in [-0.3, -0.25) is 9.78 Å². The average Bonchev–Trinajstić information content (AvgIpc) is 2.79. The Hall–Kier alpha value is -2.93. The molecule has 1 aliphatic rings. The lowest BCUT2D eigenvalue weighted by Gasteiger charge is -2.35. The van der Waals surface area contributed by atoms with Crippen LogP contribution in [0.15, 0.2) is 72.0 Å². The van der Waals surface area contributed by atoms with Crippen LogP contribution >= 0.6 is 11.8 Å². The zero-order valence-electron chi connectivity index (χ0n) is 15.9. The van der Waals surface area contributed by atoms with Gasteiger partial charge < -0.3 is 9.80 Å². The fraction of sp³-hybridized carbons (Fsp3) is 0.227. The SMILES string of the molecule is O=C(c1ccc(F)cc1)N1CCN(c2cncc(SCc3ccccc3)n2)CC1. The molecule has 1 aromatic heterocycles. The van der Waals surface area contributed by atoms with Gasteiger partial charge >= 0.3 is 0 Å². The van der Waals surface area contributed by atoms with Gasteiger partial charge in [0.15, 0.2) is 0 Å². The molecule has 0 atom stereocenters. The van der Waals surface area contributed by atoms with E-state index in [1.807, 2.05) is 18.2 Å². The molecule has 148 valence electrons. The van der Waals surface area contributed by atoms with Gasteiger partial charge in [0.2, 0.25) is 0 Å². The Morgan fingerprint density at radius 3 is 2.41 bits per heavy atom. The summed E-state index contributed by atoms with van der Waals surface area (Å²) in [6.45, 7) is 2.57. The quantitative estimate of drug-likeness (QED) is 0.600. The molecule has 0 radical (unpaired) electrons. The van der Waals surface area contributed by atoms with Gasteiger partial charge in [-0.2, -0.15) is 0 Å². The third-order valence-electron chi connectivity index (χ3n) is 4.81. The van der Waals surface area contributed by atoms with E-state index in [1.165, 1.54) is 29.8 Å². The fourth-order valence-electron chi connectivity index (χ4n) is 3.21. The maximum absolute atomic E-state index is 13.1. The monoisotopic (exact) mass is 408 g/mol. The van der Waals surface area contributed by atoms with Crippen molar-refractivity contribution in [1.82, 2.24) is 14.9 Å². The number of carbonyl (C=O) groups excluding carboxylic acids is 1. The summed E-state index contributed by atoms with van der Waals surface area (Å²) in [6.07, 6.45) is 3.55. The number of hydrogen-bond acceptors (Lipinski definition) is 5. The van der Waals surface area contributed by atoms with Gasteiger partial charge in [0, 0.05) is 37.5 Å². The van der Waals surface area contributed by atoms with Crippen molar-refractivity contribution in [3.8, 4) is 0 Å². The summed E-state index contributed by atoms with van der Waals surface area (Å²) in [5.41, 5.74) is 1.76. The molecule has 2 heterocycles. The molecule has 0 spiro atoms. The van der Waals surface area contributed by atoms with Crippen molar-refractivity contribution >= 4 is 23.5 Å². The molecule has 4 rings (SSSR count). The Morgan fingerprint density at radius 1 is 0.966 bits per heavy atom. The highest BCUT2D eigenvalue weighted by molar-refractivity contribution is 7.98. The Bertz CT molecular complexity index is 960. The number of nitrogens with zero attached hydrogens (tertiary/aromatic N) is 4. The van der Waals surface area contributed by atoms with E-state index < -0.39 is 0 Å². The van der Waals surface area contributed by atoms with E-state index in [1.54, 1.807) is 29.1 Å². The fourth-order valence-corrected chi connectivity index (χ4v) is 4.01. The molecule has 0 bridgehead atoms. The number of amides is 1. The number of anilines is 1. The molecule has 7 heteroatoms. The molecule has 0 aliphatic carbocycles. The van der Waals surface area contributed by atoms with Crippen LogP contribution in [0, 0.1) is 5.82 Å². The minimum Gasteiger partial charge on any atom is -0.352 e. The summed E-state index contributed by atoms with van der Waals surface area (Å²) in [5, 5.41) is 0.885. The van der Waals surface area contributed by atoms with Crippen molar-refractivity contribution in [1.29, 1.82) is 0 Å². The van der Waals surface area contributed by atoms with E-state index in [0.717, 1.165) is 16.6 Å². The van der Waals surface area contributed by atoms with Crippen LogP contribution in [0.1, 0.15) is 15.9 Å². The van der Waals surface area contributed by atoms with Gasteiger partial charge in [-0.1, -0.05) is 30.3 Å². The molecule has 0 unspecified atom stereocenters.